The van der Waals surface area contributed by atoms with Crippen LogP contribution in [0.1, 0.15) is 37.3 Å². The summed E-state index contributed by atoms with van der Waals surface area (Å²) < 4.78 is 22.2. The molecule has 0 unspecified atom stereocenters. The number of hydrogen-bond acceptors (Lipinski definition) is 5. The van der Waals surface area contributed by atoms with Crippen molar-refractivity contribution in [3.05, 3.63) is 29.3 Å². The number of aryl methyl sites for hydroxylation is 1. The predicted molar refractivity (Wildman–Crippen MR) is 120 cm³/mol. The predicted octanol–water partition coefficient (Wildman–Crippen LogP) is 2.91. The number of nitrogens with zero attached hydrogens (tertiary/aromatic N) is 1. The van der Waals surface area contributed by atoms with E-state index < -0.39 is 0 Å². The van der Waals surface area contributed by atoms with Gasteiger partial charge in [-0.05, 0) is 50.7 Å². The van der Waals surface area contributed by atoms with Gasteiger partial charge >= 0.3 is 0 Å². The number of aliphatic imine (C=N–C) groups is 1. The van der Waals surface area contributed by atoms with Crippen LogP contribution in [0.2, 0.25) is 0 Å². The molecule has 0 bridgehead atoms. The molecule has 1 fully saturated rings. The molecule has 0 aliphatic carbocycles. The Labute approximate surface area is 181 Å². The molecule has 1 heterocycles. The molecule has 0 amide bonds. The van der Waals surface area contributed by atoms with Gasteiger partial charge in [0.25, 0.3) is 0 Å². The molecule has 7 nitrogen and oxygen atoms in total. The molecule has 1 aliphatic heterocycles. The lowest BCUT2D eigenvalue weighted by atomic mass is 10.0. The Morgan fingerprint density at radius 3 is 2.77 bits per heavy atom. The Morgan fingerprint density at radius 1 is 1.17 bits per heavy atom. The van der Waals surface area contributed by atoms with Gasteiger partial charge in [0.05, 0.1) is 13.2 Å². The van der Waals surface area contributed by atoms with Crippen LogP contribution in [0.15, 0.2) is 23.2 Å². The molecule has 0 saturated carbocycles. The second-order valence-electron chi connectivity index (χ2n) is 7.56. The third-order valence-corrected chi connectivity index (χ3v) is 4.97. The van der Waals surface area contributed by atoms with Gasteiger partial charge in [0.2, 0.25) is 0 Å². The largest absolute Gasteiger partial charge is 0.491 e. The Kier molecular flexibility index (Phi) is 12.3. The normalized spacial score (nSPS) is 15.2. The summed E-state index contributed by atoms with van der Waals surface area (Å²) in [4.78, 5) is 4.72. The third-order valence-electron chi connectivity index (χ3n) is 4.97. The number of methoxy groups -OCH3 is 1. The van der Waals surface area contributed by atoms with Gasteiger partial charge < -0.3 is 29.6 Å². The Bertz CT molecular complexity index is 618. The van der Waals surface area contributed by atoms with Crippen molar-refractivity contribution in [3.8, 4) is 5.75 Å². The second kappa shape index (κ2) is 15.0. The van der Waals surface area contributed by atoms with Crippen LogP contribution in [0.5, 0.6) is 5.75 Å². The summed E-state index contributed by atoms with van der Waals surface area (Å²) in [5.41, 5.74) is 2.23. The van der Waals surface area contributed by atoms with E-state index in [0.717, 1.165) is 76.1 Å². The van der Waals surface area contributed by atoms with Gasteiger partial charge in [-0.2, -0.15) is 0 Å². The first-order valence-corrected chi connectivity index (χ1v) is 11.1. The molecule has 2 rings (SSSR count). The van der Waals surface area contributed by atoms with Crippen LogP contribution in [-0.2, 0) is 20.8 Å². The minimum atomic E-state index is 0.531. The van der Waals surface area contributed by atoms with Crippen LogP contribution in [-0.4, -0.2) is 65.8 Å². The SMILES string of the molecule is CCNC(=NCc1ccc(C)cc1OCCOC)NCCCOCC1CCOCC1. The van der Waals surface area contributed by atoms with Crippen LogP contribution in [0.25, 0.3) is 0 Å². The number of guanidine groups is 1. The molecule has 2 N–H and O–H groups in total. The number of ether oxygens (including phenoxy) is 4. The highest BCUT2D eigenvalue weighted by Crippen LogP contribution is 2.21. The number of benzene rings is 1. The van der Waals surface area contributed by atoms with Crippen molar-refractivity contribution in [1.82, 2.24) is 10.6 Å². The average molecular weight is 422 g/mol. The van der Waals surface area contributed by atoms with Crippen LogP contribution < -0.4 is 15.4 Å². The maximum Gasteiger partial charge on any atom is 0.191 e. The van der Waals surface area contributed by atoms with Crippen molar-refractivity contribution in [2.45, 2.75) is 39.7 Å². The van der Waals surface area contributed by atoms with Crippen molar-refractivity contribution >= 4 is 5.96 Å². The Hall–Kier alpha value is -1.83. The molecule has 0 aromatic heterocycles. The van der Waals surface area contributed by atoms with Crippen LogP contribution >= 0.6 is 0 Å². The highest BCUT2D eigenvalue weighted by Gasteiger charge is 2.13. The molecule has 0 spiro atoms. The fraction of sp³-hybridized carbons (Fsp3) is 0.696. The standard InChI is InChI=1S/C23H39N3O4/c1-4-24-23(25-10-5-11-29-18-20-8-12-28-13-9-20)26-17-21-7-6-19(2)16-22(21)30-15-14-27-3/h6-7,16,20H,4-5,8-15,17-18H2,1-3H3,(H2,24,25,26). The molecule has 1 aliphatic rings. The summed E-state index contributed by atoms with van der Waals surface area (Å²) in [5, 5.41) is 6.69. The first-order valence-electron chi connectivity index (χ1n) is 11.1. The first kappa shape index (κ1) is 24.4. The quantitative estimate of drug-likeness (QED) is 0.290. The molecule has 30 heavy (non-hydrogen) atoms. The van der Waals surface area contributed by atoms with Crippen LogP contribution in [0, 0.1) is 12.8 Å². The van der Waals surface area contributed by atoms with Crippen molar-refractivity contribution in [2.75, 3.05) is 59.8 Å². The van der Waals surface area contributed by atoms with Crippen molar-refractivity contribution in [3.63, 3.8) is 0 Å². The van der Waals surface area contributed by atoms with E-state index in [1.54, 1.807) is 7.11 Å². The Balaban J connectivity index is 1.75. The van der Waals surface area contributed by atoms with E-state index in [1.807, 2.05) is 0 Å². The highest BCUT2D eigenvalue weighted by molar-refractivity contribution is 5.79. The molecule has 1 aromatic carbocycles. The first-order chi connectivity index (χ1) is 14.7. The van der Waals surface area contributed by atoms with Gasteiger partial charge in [-0.3, -0.25) is 0 Å². The van der Waals surface area contributed by atoms with Gasteiger partial charge in [-0.15, -0.1) is 0 Å². The van der Waals surface area contributed by atoms with E-state index in [9.17, 15) is 0 Å². The van der Waals surface area contributed by atoms with Crippen molar-refractivity contribution in [2.24, 2.45) is 10.9 Å². The summed E-state index contributed by atoms with van der Waals surface area (Å²) in [6.45, 7) is 10.8. The minimum Gasteiger partial charge on any atom is -0.491 e. The summed E-state index contributed by atoms with van der Waals surface area (Å²) in [6.07, 6.45) is 3.18. The lowest BCUT2D eigenvalue weighted by Gasteiger charge is -2.21. The van der Waals surface area contributed by atoms with Gasteiger partial charge in [0.15, 0.2) is 5.96 Å². The number of nitrogens with one attached hydrogen (secondary N) is 2. The minimum absolute atomic E-state index is 0.531. The molecule has 7 heteroatoms. The number of rotatable bonds is 13. The lowest BCUT2D eigenvalue weighted by molar-refractivity contribution is 0.0203. The number of hydrogen-bond donors (Lipinski definition) is 2. The zero-order chi connectivity index (χ0) is 21.4. The summed E-state index contributed by atoms with van der Waals surface area (Å²) >= 11 is 0. The molecule has 1 saturated heterocycles. The summed E-state index contributed by atoms with van der Waals surface area (Å²) in [7, 11) is 1.68. The monoisotopic (exact) mass is 421 g/mol. The fourth-order valence-electron chi connectivity index (χ4n) is 3.21. The van der Waals surface area contributed by atoms with Crippen LogP contribution in [0.4, 0.5) is 0 Å². The van der Waals surface area contributed by atoms with E-state index in [4.69, 9.17) is 23.9 Å². The fourth-order valence-corrected chi connectivity index (χ4v) is 3.21. The molecular formula is C23H39N3O4. The Morgan fingerprint density at radius 2 is 2.00 bits per heavy atom. The summed E-state index contributed by atoms with van der Waals surface area (Å²) in [5.74, 6) is 2.33. The van der Waals surface area contributed by atoms with Crippen molar-refractivity contribution in [1.29, 1.82) is 0 Å². The van der Waals surface area contributed by atoms with Crippen molar-refractivity contribution < 1.29 is 18.9 Å². The maximum absolute atomic E-state index is 5.87. The lowest BCUT2D eigenvalue weighted by Crippen LogP contribution is -2.38. The van der Waals surface area contributed by atoms with Gasteiger partial charge in [0, 0.05) is 52.2 Å². The van der Waals surface area contributed by atoms with E-state index in [-0.39, 0.29) is 0 Å². The van der Waals surface area contributed by atoms with E-state index in [0.29, 0.717) is 25.7 Å². The van der Waals surface area contributed by atoms with E-state index in [2.05, 4.69) is 42.7 Å². The molecule has 1 aromatic rings. The average Bonchev–Trinajstić information content (AvgIpc) is 2.76. The van der Waals surface area contributed by atoms with Gasteiger partial charge in [-0.1, -0.05) is 12.1 Å². The maximum atomic E-state index is 5.87. The van der Waals surface area contributed by atoms with E-state index >= 15 is 0 Å². The highest BCUT2D eigenvalue weighted by atomic mass is 16.5. The van der Waals surface area contributed by atoms with Gasteiger partial charge in [-0.25, -0.2) is 4.99 Å². The van der Waals surface area contributed by atoms with Crippen LogP contribution in [0.3, 0.4) is 0 Å². The third kappa shape index (κ3) is 9.78. The molecule has 0 radical (unpaired) electrons. The molecule has 0 atom stereocenters. The molecular weight excluding hydrogens is 382 g/mol. The zero-order valence-electron chi connectivity index (χ0n) is 18.9. The molecule has 170 valence electrons. The smallest absolute Gasteiger partial charge is 0.191 e. The topological polar surface area (TPSA) is 73.3 Å². The zero-order valence-corrected chi connectivity index (χ0v) is 18.9. The van der Waals surface area contributed by atoms with E-state index in [1.165, 1.54) is 5.56 Å². The summed E-state index contributed by atoms with van der Waals surface area (Å²) in [6, 6.07) is 6.22. The van der Waals surface area contributed by atoms with Gasteiger partial charge in [0.1, 0.15) is 12.4 Å². The second-order valence-corrected chi connectivity index (χ2v) is 7.56.